The zero-order chi connectivity index (χ0) is 12.4. The first-order valence-electron chi connectivity index (χ1n) is 6.18. The first kappa shape index (κ1) is 11.4. The van der Waals surface area contributed by atoms with Gasteiger partial charge >= 0.3 is 0 Å². The molecular weight excluding hydrogens is 228 g/mol. The van der Waals surface area contributed by atoms with Crippen LogP contribution in [0.25, 0.3) is 11.5 Å². The number of hydrogen-bond donors (Lipinski definition) is 1. The molecule has 0 bridgehead atoms. The van der Waals surface area contributed by atoms with E-state index in [1.807, 2.05) is 13.1 Å². The highest BCUT2D eigenvalue weighted by atomic mass is 16.5. The Hall–Kier alpha value is -1.65. The summed E-state index contributed by atoms with van der Waals surface area (Å²) in [7, 11) is 1.94. The fourth-order valence-corrected chi connectivity index (χ4v) is 2.49. The summed E-state index contributed by atoms with van der Waals surface area (Å²) in [6, 6.07) is 6.23. The van der Waals surface area contributed by atoms with E-state index in [0.717, 1.165) is 25.1 Å². The summed E-state index contributed by atoms with van der Waals surface area (Å²) in [6.07, 6.45) is 4.32. The second-order valence-corrected chi connectivity index (χ2v) is 4.38. The van der Waals surface area contributed by atoms with E-state index in [0.29, 0.717) is 5.89 Å². The second-order valence-electron chi connectivity index (χ2n) is 4.38. The molecule has 4 heteroatoms. The number of oxazole rings is 1. The molecule has 1 aliphatic rings. The van der Waals surface area contributed by atoms with Crippen LogP contribution in [0.1, 0.15) is 17.2 Å². The third-order valence-electron chi connectivity index (χ3n) is 3.28. The van der Waals surface area contributed by atoms with Crippen LogP contribution < -0.4 is 5.32 Å². The number of nitrogens with zero attached hydrogens (tertiary/aromatic N) is 1. The molecule has 0 amide bonds. The van der Waals surface area contributed by atoms with Crippen LogP contribution in [0.2, 0.25) is 0 Å². The monoisotopic (exact) mass is 244 g/mol. The van der Waals surface area contributed by atoms with E-state index in [-0.39, 0.29) is 6.10 Å². The fraction of sp³-hybridized carbons (Fsp3) is 0.357. The molecule has 18 heavy (non-hydrogen) atoms. The van der Waals surface area contributed by atoms with E-state index < -0.39 is 0 Å². The van der Waals surface area contributed by atoms with Crippen molar-refractivity contribution in [3.8, 4) is 11.5 Å². The molecule has 1 N–H and O–H groups in total. The third-order valence-corrected chi connectivity index (χ3v) is 3.28. The summed E-state index contributed by atoms with van der Waals surface area (Å²) in [5.41, 5.74) is 3.62. The molecule has 1 atom stereocenters. The summed E-state index contributed by atoms with van der Waals surface area (Å²) in [5, 5.41) is 3.17. The van der Waals surface area contributed by atoms with Crippen molar-refractivity contribution >= 4 is 0 Å². The molecule has 1 aromatic carbocycles. The van der Waals surface area contributed by atoms with E-state index in [2.05, 4.69) is 22.4 Å². The smallest absolute Gasteiger partial charge is 0.226 e. The molecule has 4 nitrogen and oxygen atoms in total. The van der Waals surface area contributed by atoms with E-state index in [1.165, 1.54) is 11.1 Å². The zero-order valence-electron chi connectivity index (χ0n) is 10.3. The van der Waals surface area contributed by atoms with Crippen LogP contribution >= 0.6 is 0 Å². The van der Waals surface area contributed by atoms with Crippen molar-refractivity contribution in [1.29, 1.82) is 0 Å². The summed E-state index contributed by atoms with van der Waals surface area (Å²) in [5.74, 6) is 0.692. The summed E-state index contributed by atoms with van der Waals surface area (Å²) in [4.78, 5) is 4.24. The highest BCUT2D eigenvalue weighted by Crippen LogP contribution is 2.33. The minimum Gasteiger partial charge on any atom is -0.445 e. The number of benzene rings is 1. The minimum atomic E-state index is 0.119. The van der Waals surface area contributed by atoms with Crippen molar-refractivity contribution in [2.24, 2.45) is 0 Å². The van der Waals surface area contributed by atoms with Gasteiger partial charge in [-0.1, -0.05) is 12.1 Å². The lowest BCUT2D eigenvalue weighted by Gasteiger charge is -2.27. The molecule has 0 unspecified atom stereocenters. The molecule has 2 aromatic rings. The van der Waals surface area contributed by atoms with Crippen LogP contribution in [0.3, 0.4) is 0 Å². The lowest BCUT2D eigenvalue weighted by Crippen LogP contribution is -2.25. The Labute approximate surface area is 106 Å². The van der Waals surface area contributed by atoms with Crippen LogP contribution in [0.5, 0.6) is 0 Å². The van der Waals surface area contributed by atoms with Gasteiger partial charge in [0.05, 0.1) is 18.9 Å². The van der Waals surface area contributed by atoms with Gasteiger partial charge in [-0.15, -0.1) is 0 Å². The van der Waals surface area contributed by atoms with Crippen LogP contribution in [0, 0.1) is 0 Å². The van der Waals surface area contributed by atoms with Crippen LogP contribution in [-0.4, -0.2) is 25.2 Å². The number of hydrogen-bond acceptors (Lipinski definition) is 4. The van der Waals surface area contributed by atoms with Gasteiger partial charge in [0.25, 0.3) is 0 Å². The average Bonchev–Trinajstić information content (AvgIpc) is 2.93. The first-order chi connectivity index (χ1) is 8.90. The topological polar surface area (TPSA) is 47.3 Å². The third kappa shape index (κ3) is 1.94. The summed E-state index contributed by atoms with van der Waals surface area (Å²) >= 11 is 0. The van der Waals surface area contributed by atoms with Gasteiger partial charge < -0.3 is 14.5 Å². The highest BCUT2D eigenvalue weighted by molar-refractivity contribution is 5.61. The van der Waals surface area contributed by atoms with Crippen LogP contribution in [-0.2, 0) is 11.2 Å². The normalized spacial score (nSPS) is 18.6. The molecule has 0 saturated heterocycles. The molecule has 94 valence electrons. The molecule has 1 aliphatic heterocycles. The Morgan fingerprint density at radius 3 is 3.17 bits per heavy atom. The minimum absolute atomic E-state index is 0.119. The van der Waals surface area contributed by atoms with Gasteiger partial charge in [0.1, 0.15) is 6.26 Å². The van der Waals surface area contributed by atoms with Gasteiger partial charge in [-0.3, -0.25) is 0 Å². The molecule has 0 spiro atoms. The van der Waals surface area contributed by atoms with E-state index in [9.17, 15) is 0 Å². The first-order valence-corrected chi connectivity index (χ1v) is 6.18. The highest BCUT2D eigenvalue weighted by Gasteiger charge is 2.23. The van der Waals surface area contributed by atoms with Gasteiger partial charge in [-0.2, -0.15) is 0 Å². The quantitative estimate of drug-likeness (QED) is 0.899. The Balaban J connectivity index is 2.06. The van der Waals surface area contributed by atoms with Crippen LogP contribution in [0.4, 0.5) is 0 Å². The van der Waals surface area contributed by atoms with Gasteiger partial charge in [0.2, 0.25) is 5.89 Å². The lowest BCUT2D eigenvalue weighted by molar-refractivity contribution is 0.0440. The molecule has 0 saturated carbocycles. The Morgan fingerprint density at radius 2 is 2.39 bits per heavy atom. The Morgan fingerprint density at radius 1 is 1.44 bits per heavy atom. The number of aromatic nitrogens is 1. The summed E-state index contributed by atoms with van der Waals surface area (Å²) in [6.45, 7) is 1.57. The Bertz CT molecular complexity index is 523. The number of ether oxygens (including phenoxy) is 1. The standard InChI is InChI=1S/C14H16N2O2/c1-15-9-13-11-3-2-4-12(10(11)5-7-17-13)14-16-6-8-18-14/h2-4,6,8,13,15H,5,7,9H2,1H3/t13-/m0/s1. The van der Waals surface area contributed by atoms with E-state index in [4.69, 9.17) is 9.15 Å². The van der Waals surface area contributed by atoms with Crippen molar-refractivity contribution in [3.05, 3.63) is 41.8 Å². The molecule has 1 aromatic heterocycles. The maximum absolute atomic E-state index is 5.80. The molecular formula is C14H16N2O2. The van der Waals surface area contributed by atoms with Crippen molar-refractivity contribution in [2.75, 3.05) is 20.2 Å². The van der Waals surface area contributed by atoms with Crippen molar-refractivity contribution in [3.63, 3.8) is 0 Å². The number of fused-ring (bicyclic) bond motifs is 1. The zero-order valence-corrected chi connectivity index (χ0v) is 10.3. The molecule has 0 radical (unpaired) electrons. The maximum atomic E-state index is 5.80. The second kappa shape index (κ2) is 4.92. The fourth-order valence-electron chi connectivity index (χ4n) is 2.49. The molecule has 0 fully saturated rings. The lowest BCUT2D eigenvalue weighted by atomic mass is 9.92. The molecule has 0 aliphatic carbocycles. The SMILES string of the molecule is CNC[C@@H]1OCCc2c(-c3ncco3)cccc21. The number of rotatable bonds is 3. The van der Waals surface area contributed by atoms with Gasteiger partial charge in [-0.05, 0) is 30.7 Å². The van der Waals surface area contributed by atoms with Crippen molar-refractivity contribution in [1.82, 2.24) is 10.3 Å². The number of likely N-dealkylation sites (N-methyl/N-ethyl adjacent to an activating group) is 1. The van der Waals surface area contributed by atoms with E-state index >= 15 is 0 Å². The predicted molar refractivity (Wildman–Crippen MR) is 68.3 cm³/mol. The molecule has 3 rings (SSSR count). The summed E-state index contributed by atoms with van der Waals surface area (Å²) < 4.78 is 11.2. The van der Waals surface area contributed by atoms with Gasteiger partial charge in [0, 0.05) is 12.1 Å². The Kier molecular flexibility index (Phi) is 3.13. The largest absolute Gasteiger partial charge is 0.445 e. The molecule has 2 heterocycles. The van der Waals surface area contributed by atoms with E-state index in [1.54, 1.807) is 12.5 Å². The van der Waals surface area contributed by atoms with Gasteiger partial charge in [0.15, 0.2) is 0 Å². The van der Waals surface area contributed by atoms with Gasteiger partial charge in [-0.25, -0.2) is 4.98 Å². The number of nitrogens with one attached hydrogen (secondary N) is 1. The van der Waals surface area contributed by atoms with Crippen LogP contribution in [0.15, 0.2) is 35.1 Å². The van der Waals surface area contributed by atoms with Crippen molar-refractivity contribution < 1.29 is 9.15 Å². The predicted octanol–water partition coefficient (Wildman–Crippen LogP) is 2.17. The van der Waals surface area contributed by atoms with Crippen molar-refractivity contribution in [2.45, 2.75) is 12.5 Å². The maximum Gasteiger partial charge on any atom is 0.226 e. The average molecular weight is 244 g/mol.